The second-order valence-electron chi connectivity index (χ2n) is 6.03. The Bertz CT molecular complexity index is 562. The van der Waals surface area contributed by atoms with Crippen LogP contribution in [0.25, 0.3) is 0 Å². The molecule has 3 N–H and O–H groups in total. The summed E-state index contributed by atoms with van der Waals surface area (Å²) in [6.45, 7) is 4.34. The molecule has 0 saturated carbocycles. The first-order valence-electron chi connectivity index (χ1n) is 7.52. The van der Waals surface area contributed by atoms with Crippen molar-refractivity contribution in [2.24, 2.45) is 11.7 Å². The predicted octanol–water partition coefficient (Wildman–Crippen LogP) is 1.42. The van der Waals surface area contributed by atoms with E-state index in [0.717, 1.165) is 0 Å². The number of carbonyl (C=O) groups is 2. The Morgan fingerprint density at radius 3 is 2.77 bits per heavy atom. The number of nitrogens with one attached hydrogen (secondary N) is 1. The molecule has 5 nitrogen and oxygen atoms in total. The SMILES string of the molecule is CC(C)C[C@H](N)C(=O)NC1CCN(c2ccccc2F)C1=O. The van der Waals surface area contributed by atoms with E-state index in [1.165, 1.54) is 11.0 Å². The number of anilines is 1. The van der Waals surface area contributed by atoms with Gasteiger partial charge in [-0.1, -0.05) is 26.0 Å². The van der Waals surface area contributed by atoms with Gasteiger partial charge < -0.3 is 16.0 Å². The number of para-hydroxylation sites is 1. The molecular formula is C16H22FN3O2. The molecule has 120 valence electrons. The van der Waals surface area contributed by atoms with Gasteiger partial charge in [-0.25, -0.2) is 4.39 Å². The second kappa shape index (κ2) is 6.87. The number of carbonyl (C=O) groups excluding carboxylic acids is 2. The molecule has 0 aliphatic carbocycles. The topological polar surface area (TPSA) is 75.4 Å². The van der Waals surface area contributed by atoms with E-state index >= 15 is 0 Å². The van der Waals surface area contributed by atoms with Crippen LogP contribution in [0.2, 0.25) is 0 Å². The number of nitrogens with zero attached hydrogens (tertiary/aromatic N) is 1. The molecule has 1 fully saturated rings. The Morgan fingerprint density at radius 1 is 1.45 bits per heavy atom. The first kappa shape index (κ1) is 16.4. The van der Waals surface area contributed by atoms with Gasteiger partial charge in [0.05, 0.1) is 11.7 Å². The third kappa shape index (κ3) is 3.62. The van der Waals surface area contributed by atoms with E-state index in [-0.39, 0.29) is 17.5 Å². The molecular weight excluding hydrogens is 285 g/mol. The fraction of sp³-hybridized carbons (Fsp3) is 0.500. The molecule has 0 aromatic heterocycles. The van der Waals surface area contributed by atoms with Gasteiger partial charge in [0.15, 0.2) is 0 Å². The Labute approximate surface area is 129 Å². The quantitative estimate of drug-likeness (QED) is 0.864. The van der Waals surface area contributed by atoms with Crippen molar-refractivity contribution in [1.29, 1.82) is 0 Å². The summed E-state index contributed by atoms with van der Waals surface area (Å²) in [7, 11) is 0. The molecule has 6 heteroatoms. The highest BCUT2D eigenvalue weighted by molar-refractivity contribution is 6.01. The van der Waals surface area contributed by atoms with Gasteiger partial charge in [0.2, 0.25) is 11.8 Å². The highest BCUT2D eigenvalue weighted by Gasteiger charge is 2.35. The summed E-state index contributed by atoms with van der Waals surface area (Å²) < 4.78 is 13.8. The normalized spacial score (nSPS) is 19.6. The molecule has 0 bridgehead atoms. The van der Waals surface area contributed by atoms with E-state index < -0.39 is 17.9 Å². The number of hydrogen-bond donors (Lipinski definition) is 2. The van der Waals surface area contributed by atoms with E-state index in [1.807, 2.05) is 13.8 Å². The van der Waals surface area contributed by atoms with Gasteiger partial charge in [-0.2, -0.15) is 0 Å². The van der Waals surface area contributed by atoms with Crippen molar-refractivity contribution in [3.8, 4) is 0 Å². The monoisotopic (exact) mass is 307 g/mol. The molecule has 1 unspecified atom stereocenters. The van der Waals surface area contributed by atoms with Crippen LogP contribution in [0, 0.1) is 11.7 Å². The lowest BCUT2D eigenvalue weighted by Gasteiger charge is -2.19. The molecule has 0 radical (unpaired) electrons. The van der Waals surface area contributed by atoms with E-state index in [9.17, 15) is 14.0 Å². The summed E-state index contributed by atoms with van der Waals surface area (Å²) in [6.07, 6.45) is 1.01. The Kier molecular flexibility index (Phi) is 5.13. The van der Waals surface area contributed by atoms with Crippen LogP contribution in [0.3, 0.4) is 0 Å². The first-order valence-corrected chi connectivity index (χ1v) is 7.52. The third-order valence-corrected chi connectivity index (χ3v) is 3.73. The number of nitrogens with two attached hydrogens (primary N) is 1. The fourth-order valence-electron chi connectivity index (χ4n) is 2.62. The lowest BCUT2D eigenvalue weighted by molar-refractivity contribution is -0.127. The van der Waals surface area contributed by atoms with Crippen LogP contribution in [0.1, 0.15) is 26.7 Å². The maximum absolute atomic E-state index is 13.8. The Hall–Kier alpha value is -1.95. The summed E-state index contributed by atoms with van der Waals surface area (Å²) in [5.41, 5.74) is 6.06. The zero-order chi connectivity index (χ0) is 16.3. The highest BCUT2D eigenvalue weighted by Crippen LogP contribution is 2.24. The van der Waals surface area contributed by atoms with Gasteiger partial charge in [0.25, 0.3) is 0 Å². The molecule has 0 spiro atoms. The van der Waals surface area contributed by atoms with E-state index in [0.29, 0.717) is 25.3 Å². The van der Waals surface area contributed by atoms with Gasteiger partial charge in [-0.3, -0.25) is 9.59 Å². The molecule has 2 rings (SSSR count). The lowest BCUT2D eigenvalue weighted by Crippen LogP contribution is -2.48. The van der Waals surface area contributed by atoms with Crippen LogP contribution in [-0.2, 0) is 9.59 Å². The molecule has 22 heavy (non-hydrogen) atoms. The van der Waals surface area contributed by atoms with Gasteiger partial charge >= 0.3 is 0 Å². The van der Waals surface area contributed by atoms with Crippen molar-refractivity contribution in [3.63, 3.8) is 0 Å². The lowest BCUT2D eigenvalue weighted by atomic mass is 10.0. The fourth-order valence-corrected chi connectivity index (χ4v) is 2.62. The average molecular weight is 307 g/mol. The first-order chi connectivity index (χ1) is 10.4. The molecule has 1 aliphatic rings. The van der Waals surface area contributed by atoms with Crippen LogP contribution in [-0.4, -0.2) is 30.4 Å². The number of benzene rings is 1. The largest absolute Gasteiger partial charge is 0.343 e. The highest BCUT2D eigenvalue weighted by atomic mass is 19.1. The third-order valence-electron chi connectivity index (χ3n) is 3.73. The van der Waals surface area contributed by atoms with Gasteiger partial charge in [0.1, 0.15) is 11.9 Å². The summed E-state index contributed by atoms with van der Waals surface area (Å²) >= 11 is 0. The molecule has 1 aromatic carbocycles. The number of halogens is 1. The van der Waals surface area contributed by atoms with Gasteiger partial charge in [-0.15, -0.1) is 0 Å². The summed E-state index contributed by atoms with van der Waals surface area (Å²) in [5.74, 6) is -0.771. The van der Waals surface area contributed by atoms with Gasteiger partial charge in [-0.05, 0) is 30.9 Å². The average Bonchev–Trinajstić information content (AvgIpc) is 2.80. The minimum Gasteiger partial charge on any atom is -0.343 e. The minimum atomic E-state index is -0.634. The molecule has 1 heterocycles. The second-order valence-corrected chi connectivity index (χ2v) is 6.03. The van der Waals surface area contributed by atoms with E-state index in [2.05, 4.69) is 5.32 Å². The van der Waals surface area contributed by atoms with Crippen LogP contribution < -0.4 is 16.0 Å². The van der Waals surface area contributed by atoms with Crippen LogP contribution in [0.4, 0.5) is 10.1 Å². The zero-order valence-electron chi connectivity index (χ0n) is 12.9. The van der Waals surface area contributed by atoms with Crippen molar-refractivity contribution in [3.05, 3.63) is 30.1 Å². The Morgan fingerprint density at radius 2 is 2.14 bits per heavy atom. The predicted molar refractivity (Wildman–Crippen MR) is 82.7 cm³/mol. The standard InChI is InChI=1S/C16H22FN3O2/c1-10(2)9-12(18)15(21)19-13-7-8-20(16(13)22)14-6-4-3-5-11(14)17/h3-6,10,12-13H,7-9,18H2,1-2H3,(H,19,21)/t12-,13?/m0/s1. The molecule has 2 atom stereocenters. The maximum Gasteiger partial charge on any atom is 0.249 e. The van der Waals surface area contributed by atoms with Crippen LogP contribution in [0.5, 0.6) is 0 Å². The van der Waals surface area contributed by atoms with Crippen molar-refractivity contribution in [2.75, 3.05) is 11.4 Å². The van der Waals surface area contributed by atoms with Crippen molar-refractivity contribution in [1.82, 2.24) is 5.32 Å². The molecule has 1 aromatic rings. The molecule has 1 aliphatic heterocycles. The summed E-state index contributed by atoms with van der Waals surface area (Å²) in [6, 6.07) is 4.86. The van der Waals surface area contributed by atoms with E-state index in [1.54, 1.807) is 18.2 Å². The summed E-state index contributed by atoms with van der Waals surface area (Å²) in [5, 5.41) is 2.68. The number of rotatable bonds is 5. The van der Waals surface area contributed by atoms with Crippen LogP contribution >= 0.6 is 0 Å². The van der Waals surface area contributed by atoms with Crippen molar-refractivity contribution >= 4 is 17.5 Å². The van der Waals surface area contributed by atoms with Gasteiger partial charge in [0, 0.05) is 6.54 Å². The van der Waals surface area contributed by atoms with Crippen LogP contribution in [0.15, 0.2) is 24.3 Å². The number of amides is 2. The maximum atomic E-state index is 13.8. The Balaban J connectivity index is 2.00. The summed E-state index contributed by atoms with van der Waals surface area (Å²) in [4.78, 5) is 25.7. The molecule has 2 amide bonds. The zero-order valence-corrected chi connectivity index (χ0v) is 12.9. The smallest absolute Gasteiger partial charge is 0.249 e. The van der Waals surface area contributed by atoms with Crippen molar-refractivity contribution < 1.29 is 14.0 Å². The van der Waals surface area contributed by atoms with E-state index in [4.69, 9.17) is 5.73 Å². The van der Waals surface area contributed by atoms with Crippen molar-refractivity contribution in [2.45, 2.75) is 38.8 Å². The number of hydrogen-bond acceptors (Lipinski definition) is 3. The minimum absolute atomic E-state index is 0.246. The molecule has 1 saturated heterocycles.